The zero-order valence-corrected chi connectivity index (χ0v) is 15.1. The molecular formula is C22H26N2O2. The molecule has 0 aliphatic carbocycles. The Bertz CT molecular complexity index is 781. The Morgan fingerprint density at radius 2 is 1.77 bits per heavy atom. The van der Waals surface area contributed by atoms with E-state index in [-0.39, 0.29) is 12.5 Å². The first kappa shape index (κ1) is 17.3. The fraction of sp³-hybridized carbons (Fsp3) is 0.409. The molecule has 0 saturated carbocycles. The fourth-order valence-corrected chi connectivity index (χ4v) is 4.25. The lowest BCUT2D eigenvalue weighted by Crippen LogP contribution is -2.48. The van der Waals surface area contributed by atoms with Crippen LogP contribution in [0.15, 0.2) is 48.5 Å². The highest BCUT2D eigenvalue weighted by atomic mass is 16.3. The van der Waals surface area contributed by atoms with E-state index in [1.165, 1.54) is 11.1 Å². The van der Waals surface area contributed by atoms with Gasteiger partial charge in [0.15, 0.2) is 0 Å². The van der Waals surface area contributed by atoms with Gasteiger partial charge in [-0.25, -0.2) is 0 Å². The van der Waals surface area contributed by atoms with Crippen LogP contribution in [0.5, 0.6) is 0 Å². The van der Waals surface area contributed by atoms with E-state index in [4.69, 9.17) is 0 Å². The number of aliphatic hydroxyl groups is 1. The third-order valence-electron chi connectivity index (χ3n) is 5.78. The van der Waals surface area contributed by atoms with Gasteiger partial charge < -0.3 is 10.0 Å². The minimum atomic E-state index is -0.0281. The average Bonchev–Trinajstić information content (AvgIpc) is 2.73. The van der Waals surface area contributed by atoms with Gasteiger partial charge in [0.2, 0.25) is 0 Å². The van der Waals surface area contributed by atoms with Gasteiger partial charge in [0, 0.05) is 37.8 Å². The first-order valence-corrected chi connectivity index (χ1v) is 9.54. The minimum Gasteiger partial charge on any atom is -0.392 e. The number of carbonyl (C=O) groups excluding carboxylic acids is 1. The maximum atomic E-state index is 12.7. The van der Waals surface area contributed by atoms with E-state index in [0.29, 0.717) is 11.6 Å². The van der Waals surface area contributed by atoms with Gasteiger partial charge in [-0.1, -0.05) is 36.4 Å². The topological polar surface area (TPSA) is 43.8 Å². The normalized spacial score (nSPS) is 18.6. The summed E-state index contributed by atoms with van der Waals surface area (Å²) in [7, 11) is 0. The summed E-state index contributed by atoms with van der Waals surface area (Å²) in [5.41, 5.74) is 4.41. The zero-order valence-electron chi connectivity index (χ0n) is 15.1. The minimum absolute atomic E-state index is 0.0281. The molecule has 1 N–H and O–H groups in total. The quantitative estimate of drug-likeness (QED) is 0.926. The SMILES string of the molecule is O=C(c1cccc(CO)c1)N1CCC(N2CCc3ccccc3C2)CC1. The second kappa shape index (κ2) is 7.60. The Labute approximate surface area is 155 Å². The Balaban J connectivity index is 1.36. The highest BCUT2D eigenvalue weighted by molar-refractivity contribution is 5.94. The van der Waals surface area contributed by atoms with Crippen LogP contribution < -0.4 is 0 Å². The molecule has 2 aliphatic heterocycles. The Morgan fingerprint density at radius 1 is 1.00 bits per heavy atom. The molecule has 1 saturated heterocycles. The first-order chi connectivity index (χ1) is 12.7. The summed E-state index contributed by atoms with van der Waals surface area (Å²) in [6, 6.07) is 16.6. The van der Waals surface area contributed by atoms with Crippen molar-refractivity contribution in [1.29, 1.82) is 0 Å². The van der Waals surface area contributed by atoms with Gasteiger partial charge in [0.05, 0.1) is 6.61 Å². The molecule has 1 fully saturated rings. The van der Waals surface area contributed by atoms with Crippen molar-refractivity contribution < 1.29 is 9.90 Å². The summed E-state index contributed by atoms with van der Waals surface area (Å²) >= 11 is 0. The van der Waals surface area contributed by atoms with Crippen LogP contribution >= 0.6 is 0 Å². The first-order valence-electron chi connectivity index (χ1n) is 9.54. The zero-order chi connectivity index (χ0) is 17.9. The van der Waals surface area contributed by atoms with E-state index in [1.807, 2.05) is 23.1 Å². The van der Waals surface area contributed by atoms with Crippen LogP contribution in [0.2, 0.25) is 0 Å². The molecule has 2 heterocycles. The van der Waals surface area contributed by atoms with Crippen molar-refractivity contribution in [3.63, 3.8) is 0 Å². The molecule has 4 heteroatoms. The van der Waals surface area contributed by atoms with E-state index in [2.05, 4.69) is 29.2 Å². The number of hydrogen-bond acceptors (Lipinski definition) is 3. The predicted molar refractivity (Wildman–Crippen MR) is 102 cm³/mol. The van der Waals surface area contributed by atoms with Gasteiger partial charge in [0.1, 0.15) is 0 Å². The van der Waals surface area contributed by atoms with Crippen molar-refractivity contribution in [2.45, 2.75) is 38.5 Å². The van der Waals surface area contributed by atoms with Crippen molar-refractivity contribution in [3.8, 4) is 0 Å². The number of benzene rings is 2. The third kappa shape index (κ3) is 3.53. The molecule has 136 valence electrons. The monoisotopic (exact) mass is 350 g/mol. The van der Waals surface area contributed by atoms with Gasteiger partial charge >= 0.3 is 0 Å². The van der Waals surface area contributed by atoms with Gasteiger partial charge in [-0.2, -0.15) is 0 Å². The molecule has 4 rings (SSSR count). The Kier molecular flexibility index (Phi) is 5.05. The van der Waals surface area contributed by atoms with Gasteiger partial charge in [0.25, 0.3) is 5.91 Å². The van der Waals surface area contributed by atoms with Crippen LogP contribution in [0.1, 0.15) is 39.9 Å². The average molecular weight is 350 g/mol. The standard InChI is InChI=1S/C22H26N2O2/c25-16-17-4-3-7-19(14-17)22(26)23-12-9-21(10-13-23)24-11-8-18-5-1-2-6-20(18)15-24/h1-7,14,21,25H,8-13,15-16H2. The number of likely N-dealkylation sites (tertiary alicyclic amines) is 1. The Morgan fingerprint density at radius 3 is 2.54 bits per heavy atom. The molecule has 26 heavy (non-hydrogen) atoms. The van der Waals surface area contributed by atoms with Crippen molar-refractivity contribution in [2.75, 3.05) is 19.6 Å². The molecule has 0 spiro atoms. The Hall–Kier alpha value is -2.17. The van der Waals surface area contributed by atoms with Crippen molar-refractivity contribution in [1.82, 2.24) is 9.80 Å². The van der Waals surface area contributed by atoms with Gasteiger partial charge in [-0.3, -0.25) is 9.69 Å². The molecule has 0 unspecified atom stereocenters. The van der Waals surface area contributed by atoms with E-state index < -0.39 is 0 Å². The van der Waals surface area contributed by atoms with Crippen LogP contribution in [0.25, 0.3) is 0 Å². The molecule has 4 nitrogen and oxygen atoms in total. The second-order valence-electron chi connectivity index (χ2n) is 7.37. The van der Waals surface area contributed by atoms with E-state index in [9.17, 15) is 9.90 Å². The number of piperidine rings is 1. The highest BCUT2D eigenvalue weighted by Gasteiger charge is 2.29. The number of amides is 1. The van der Waals surface area contributed by atoms with E-state index >= 15 is 0 Å². The molecule has 2 aromatic rings. The molecule has 0 aromatic heterocycles. The maximum absolute atomic E-state index is 12.7. The maximum Gasteiger partial charge on any atom is 0.253 e. The largest absolute Gasteiger partial charge is 0.392 e. The lowest BCUT2D eigenvalue weighted by molar-refractivity contribution is 0.0599. The second-order valence-corrected chi connectivity index (χ2v) is 7.37. The summed E-state index contributed by atoms with van der Waals surface area (Å²) in [5.74, 6) is 0.0859. The van der Waals surface area contributed by atoms with E-state index in [0.717, 1.165) is 51.0 Å². The molecule has 2 aliphatic rings. The molecule has 2 aromatic carbocycles. The summed E-state index contributed by atoms with van der Waals surface area (Å²) in [6.45, 7) is 3.75. The summed E-state index contributed by atoms with van der Waals surface area (Å²) in [4.78, 5) is 17.3. The number of hydrogen-bond donors (Lipinski definition) is 1. The molecule has 0 radical (unpaired) electrons. The summed E-state index contributed by atoms with van der Waals surface area (Å²) in [5, 5.41) is 9.27. The van der Waals surface area contributed by atoms with Crippen LogP contribution in [0, 0.1) is 0 Å². The molecular weight excluding hydrogens is 324 g/mol. The highest BCUT2D eigenvalue weighted by Crippen LogP contribution is 2.25. The van der Waals surface area contributed by atoms with Gasteiger partial charge in [-0.05, 0) is 48.1 Å². The lowest BCUT2D eigenvalue weighted by Gasteiger charge is -2.40. The fourth-order valence-electron chi connectivity index (χ4n) is 4.25. The molecule has 0 bridgehead atoms. The number of nitrogens with zero attached hydrogens (tertiary/aromatic N) is 2. The van der Waals surface area contributed by atoms with Crippen LogP contribution in [-0.4, -0.2) is 46.5 Å². The van der Waals surface area contributed by atoms with Crippen molar-refractivity contribution in [3.05, 3.63) is 70.8 Å². The van der Waals surface area contributed by atoms with Crippen LogP contribution in [0.3, 0.4) is 0 Å². The summed E-state index contributed by atoms with van der Waals surface area (Å²) in [6.07, 6.45) is 3.20. The number of fused-ring (bicyclic) bond motifs is 1. The van der Waals surface area contributed by atoms with E-state index in [1.54, 1.807) is 6.07 Å². The number of aliphatic hydroxyl groups excluding tert-OH is 1. The van der Waals surface area contributed by atoms with Crippen LogP contribution in [0.4, 0.5) is 0 Å². The van der Waals surface area contributed by atoms with Crippen molar-refractivity contribution in [2.24, 2.45) is 0 Å². The predicted octanol–water partition coefficient (Wildman–Crippen LogP) is 2.84. The summed E-state index contributed by atoms with van der Waals surface area (Å²) < 4.78 is 0. The molecule has 1 amide bonds. The number of carbonyl (C=O) groups is 1. The smallest absolute Gasteiger partial charge is 0.253 e. The van der Waals surface area contributed by atoms with Crippen molar-refractivity contribution >= 4 is 5.91 Å². The third-order valence-corrected chi connectivity index (χ3v) is 5.78. The lowest BCUT2D eigenvalue weighted by atomic mass is 9.95. The molecule has 0 atom stereocenters. The van der Waals surface area contributed by atoms with Gasteiger partial charge in [-0.15, -0.1) is 0 Å². The number of rotatable bonds is 3. The van der Waals surface area contributed by atoms with Crippen LogP contribution in [-0.2, 0) is 19.6 Å².